The Morgan fingerprint density at radius 2 is 1.60 bits per heavy atom. The predicted octanol–water partition coefficient (Wildman–Crippen LogP) is 4.10. The van der Waals surface area contributed by atoms with Crippen LogP contribution in [0.3, 0.4) is 0 Å². The third kappa shape index (κ3) is 5.99. The van der Waals surface area contributed by atoms with E-state index in [1.54, 1.807) is 11.8 Å². The van der Waals surface area contributed by atoms with Crippen LogP contribution in [0, 0.1) is 0 Å². The summed E-state index contributed by atoms with van der Waals surface area (Å²) in [6.07, 6.45) is -3.03. The molecule has 1 aliphatic rings. The van der Waals surface area contributed by atoms with Gasteiger partial charge in [0.15, 0.2) is 0 Å². The van der Waals surface area contributed by atoms with Crippen LogP contribution in [0.5, 0.6) is 0 Å². The standard InChI is InChI=1S/C21H21F3N2O3S/c22-21(23,24)15-6-8-16(9-7-15)26-19(28)18(27)25-14-20(10-12-29-13-11-20)30-17-4-2-1-3-5-17/h1-9H,10-14H2,(H,25,27)(H,26,28). The lowest BCUT2D eigenvalue weighted by atomic mass is 9.99. The number of benzene rings is 2. The first-order valence-corrected chi connectivity index (χ1v) is 10.2. The minimum Gasteiger partial charge on any atom is -0.381 e. The summed E-state index contributed by atoms with van der Waals surface area (Å²) in [5, 5.41) is 4.98. The van der Waals surface area contributed by atoms with Crippen LogP contribution in [0.15, 0.2) is 59.5 Å². The van der Waals surface area contributed by atoms with Crippen LogP contribution in [-0.4, -0.2) is 36.3 Å². The lowest BCUT2D eigenvalue weighted by molar-refractivity contribution is -0.137. The lowest BCUT2D eigenvalue weighted by Crippen LogP contribution is -2.47. The second kappa shape index (κ2) is 9.53. The van der Waals surface area contributed by atoms with Crippen molar-refractivity contribution in [3.63, 3.8) is 0 Å². The number of hydrogen-bond acceptors (Lipinski definition) is 4. The van der Waals surface area contributed by atoms with E-state index in [1.807, 2.05) is 30.3 Å². The third-order valence-electron chi connectivity index (χ3n) is 4.73. The van der Waals surface area contributed by atoms with Gasteiger partial charge in [-0.25, -0.2) is 0 Å². The fraction of sp³-hybridized carbons (Fsp3) is 0.333. The molecule has 9 heteroatoms. The predicted molar refractivity (Wildman–Crippen MR) is 108 cm³/mol. The van der Waals surface area contributed by atoms with Crippen LogP contribution >= 0.6 is 11.8 Å². The summed E-state index contributed by atoms with van der Waals surface area (Å²) in [4.78, 5) is 25.5. The SMILES string of the molecule is O=C(NCC1(Sc2ccccc2)CCOCC1)C(=O)Nc1ccc(C(F)(F)F)cc1. The Morgan fingerprint density at radius 1 is 0.967 bits per heavy atom. The van der Waals surface area contributed by atoms with Gasteiger partial charge in [-0.05, 0) is 49.2 Å². The van der Waals surface area contributed by atoms with Crippen molar-refractivity contribution in [2.24, 2.45) is 0 Å². The molecule has 30 heavy (non-hydrogen) atoms. The molecule has 2 amide bonds. The minimum atomic E-state index is -4.46. The molecule has 0 unspecified atom stereocenters. The molecule has 1 heterocycles. The highest BCUT2D eigenvalue weighted by atomic mass is 32.2. The van der Waals surface area contributed by atoms with E-state index >= 15 is 0 Å². The molecule has 0 radical (unpaired) electrons. The van der Waals surface area contributed by atoms with Gasteiger partial charge < -0.3 is 15.4 Å². The molecule has 0 atom stereocenters. The molecule has 0 spiro atoms. The number of anilines is 1. The summed E-state index contributed by atoms with van der Waals surface area (Å²) in [6.45, 7) is 1.40. The van der Waals surface area contributed by atoms with Gasteiger partial charge in [0, 0.05) is 35.1 Å². The zero-order valence-electron chi connectivity index (χ0n) is 16.0. The van der Waals surface area contributed by atoms with Gasteiger partial charge in [0.05, 0.1) is 5.56 Å². The zero-order chi connectivity index (χ0) is 21.6. The van der Waals surface area contributed by atoms with Crippen molar-refractivity contribution in [1.82, 2.24) is 5.32 Å². The molecule has 0 bridgehead atoms. The van der Waals surface area contributed by atoms with E-state index in [9.17, 15) is 22.8 Å². The highest BCUT2D eigenvalue weighted by Crippen LogP contribution is 2.40. The van der Waals surface area contributed by atoms with E-state index in [-0.39, 0.29) is 17.0 Å². The molecule has 2 aromatic rings. The van der Waals surface area contributed by atoms with Crippen molar-refractivity contribution in [1.29, 1.82) is 0 Å². The Labute approximate surface area is 176 Å². The first kappa shape index (κ1) is 22.2. The number of alkyl halides is 3. The van der Waals surface area contributed by atoms with Crippen LogP contribution in [0.1, 0.15) is 18.4 Å². The second-order valence-corrected chi connectivity index (χ2v) is 8.46. The fourth-order valence-electron chi connectivity index (χ4n) is 3.05. The van der Waals surface area contributed by atoms with Gasteiger partial charge in [-0.1, -0.05) is 18.2 Å². The summed E-state index contributed by atoms with van der Waals surface area (Å²) in [5.41, 5.74) is -0.716. The number of carbonyl (C=O) groups excluding carboxylic acids is 2. The number of nitrogens with one attached hydrogen (secondary N) is 2. The van der Waals surface area contributed by atoms with Gasteiger partial charge in [0.25, 0.3) is 0 Å². The van der Waals surface area contributed by atoms with Gasteiger partial charge in [0.1, 0.15) is 0 Å². The Bertz CT molecular complexity index is 867. The van der Waals surface area contributed by atoms with Crippen molar-refractivity contribution in [3.8, 4) is 0 Å². The number of halogens is 3. The molecule has 3 rings (SSSR count). The second-order valence-electron chi connectivity index (χ2n) is 6.92. The summed E-state index contributed by atoms with van der Waals surface area (Å²) in [5.74, 6) is -1.77. The normalized spacial score (nSPS) is 16.0. The van der Waals surface area contributed by atoms with Crippen molar-refractivity contribution < 1.29 is 27.5 Å². The molecular formula is C21H21F3N2O3S. The smallest absolute Gasteiger partial charge is 0.381 e. The van der Waals surface area contributed by atoms with Gasteiger partial charge in [-0.3, -0.25) is 9.59 Å². The maximum atomic E-state index is 12.6. The molecular weight excluding hydrogens is 417 g/mol. The van der Waals surface area contributed by atoms with Crippen molar-refractivity contribution in [3.05, 3.63) is 60.2 Å². The van der Waals surface area contributed by atoms with Crippen LogP contribution < -0.4 is 10.6 Å². The van der Waals surface area contributed by atoms with E-state index in [4.69, 9.17) is 4.74 Å². The van der Waals surface area contributed by atoms with Crippen LogP contribution in [0.4, 0.5) is 18.9 Å². The van der Waals surface area contributed by atoms with Crippen molar-refractivity contribution in [2.75, 3.05) is 25.1 Å². The quantitative estimate of drug-likeness (QED) is 0.690. The summed E-state index contributed by atoms with van der Waals surface area (Å²) in [6, 6.07) is 13.7. The number of hydrogen-bond donors (Lipinski definition) is 2. The number of amides is 2. The number of thioether (sulfide) groups is 1. The summed E-state index contributed by atoms with van der Waals surface area (Å²) >= 11 is 1.64. The molecule has 1 fully saturated rings. The van der Waals surface area contributed by atoms with Crippen molar-refractivity contribution >= 4 is 29.3 Å². The molecule has 0 saturated carbocycles. The van der Waals surface area contributed by atoms with Gasteiger partial charge >= 0.3 is 18.0 Å². The largest absolute Gasteiger partial charge is 0.416 e. The summed E-state index contributed by atoms with van der Waals surface area (Å²) < 4.78 is 43.0. The van der Waals surface area contributed by atoms with Crippen LogP contribution in [-0.2, 0) is 20.5 Å². The molecule has 2 aromatic carbocycles. The fourth-order valence-corrected chi connectivity index (χ4v) is 4.36. The summed E-state index contributed by atoms with van der Waals surface area (Å²) in [7, 11) is 0. The Morgan fingerprint density at radius 3 is 2.20 bits per heavy atom. The molecule has 0 aromatic heterocycles. The Kier molecular flexibility index (Phi) is 7.04. The third-order valence-corrected chi connectivity index (χ3v) is 6.22. The average molecular weight is 438 g/mol. The van der Waals surface area contributed by atoms with E-state index in [0.717, 1.165) is 29.2 Å². The maximum absolute atomic E-state index is 12.6. The number of ether oxygens (including phenoxy) is 1. The van der Waals surface area contributed by atoms with Gasteiger partial charge in [0.2, 0.25) is 0 Å². The van der Waals surface area contributed by atoms with Crippen LogP contribution in [0.25, 0.3) is 0 Å². The van der Waals surface area contributed by atoms with Crippen LogP contribution in [0.2, 0.25) is 0 Å². The topological polar surface area (TPSA) is 67.4 Å². The molecule has 160 valence electrons. The molecule has 0 aliphatic carbocycles. The minimum absolute atomic E-state index is 0.114. The molecule has 1 saturated heterocycles. The number of rotatable bonds is 5. The number of carbonyl (C=O) groups is 2. The van der Waals surface area contributed by atoms with E-state index in [0.29, 0.717) is 26.1 Å². The van der Waals surface area contributed by atoms with E-state index < -0.39 is 23.6 Å². The van der Waals surface area contributed by atoms with Crippen molar-refractivity contribution in [2.45, 2.75) is 28.7 Å². The monoisotopic (exact) mass is 438 g/mol. The molecule has 1 aliphatic heterocycles. The van der Waals surface area contributed by atoms with E-state index in [2.05, 4.69) is 10.6 Å². The van der Waals surface area contributed by atoms with Gasteiger partial charge in [-0.2, -0.15) is 13.2 Å². The molecule has 5 nitrogen and oxygen atoms in total. The zero-order valence-corrected chi connectivity index (χ0v) is 16.8. The average Bonchev–Trinajstić information content (AvgIpc) is 2.73. The first-order chi connectivity index (χ1) is 14.3. The lowest BCUT2D eigenvalue weighted by Gasteiger charge is -2.36. The Balaban J connectivity index is 1.58. The van der Waals surface area contributed by atoms with Gasteiger partial charge in [-0.15, -0.1) is 11.8 Å². The highest BCUT2D eigenvalue weighted by molar-refractivity contribution is 8.00. The molecule has 2 N–H and O–H groups in total. The Hall–Kier alpha value is -2.52. The maximum Gasteiger partial charge on any atom is 0.416 e. The van der Waals surface area contributed by atoms with E-state index in [1.165, 1.54) is 0 Å². The first-order valence-electron chi connectivity index (χ1n) is 9.36. The highest BCUT2D eigenvalue weighted by Gasteiger charge is 2.35.